The molecule has 5 heterocycles. The predicted molar refractivity (Wildman–Crippen MR) is 121 cm³/mol. The summed E-state index contributed by atoms with van der Waals surface area (Å²) in [5.74, 6) is 0.799. The molecule has 0 aliphatic rings. The van der Waals surface area contributed by atoms with Crippen molar-refractivity contribution in [3.8, 4) is 28.2 Å². The maximum Gasteiger partial charge on any atom is 0.140 e. The van der Waals surface area contributed by atoms with Crippen molar-refractivity contribution >= 4 is 22.1 Å². The molecule has 0 aliphatic carbocycles. The van der Waals surface area contributed by atoms with Gasteiger partial charge in [0.15, 0.2) is 0 Å². The second-order valence-electron chi connectivity index (χ2n) is 7.69. The molecule has 0 aliphatic heterocycles. The topological polar surface area (TPSA) is 88.1 Å². The van der Waals surface area contributed by atoms with Crippen LogP contribution in [0, 0.1) is 13.8 Å². The van der Waals surface area contributed by atoms with Gasteiger partial charge in [-0.05, 0) is 43.7 Å². The summed E-state index contributed by atoms with van der Waals surface area (Å²) in [5, 5.41) is 1.01. The Hall–Kier alpha value is -4.26. The lowest BCUT2D eigenvalue weighted by Gasteiger charge is -2.05. The van der Waals surface area contributed by atoms with E-state index in [1.165, 1.54) is 0 Å². The van der Waals surface area contributed by atoms with Gasteiger partial charge in [0.25, 0.3) is 0 Å². The summed E-state index contributed by atoms with van der Waals surface area (Å²) in [5.41, 5.74) is 8.91. The summed E-state index contributed by atoms with van der Waals surface area (Å²) in [6.07, 6.45) is 11.3. The summed E-state index contributed by atoms with van der Waals surface area (Å²) < 4.78 is 2.00. The van der Waals surface area contributed by atoms with E-state index in [1.807, 2.05) is 66.9 Å². The average Bonchev–Trinajstić information content (AvgIpc) is 3.50. The minimum Gasteiger partial charge on any atom is -0.345 e. The number of pyridine rings is 2. The van der Waals surface area contributed by atoms with Crippen LogP contribution in [0.5, 0.6) is 0 Å². The van der Waals surface area contributed by atoms with Crippen LogP contribution in [0.4, 0.5) is 0 Å². The Kier molecular flexibility index (Phi) is 3.76. The van der Waals surface area contributed by atoms with Crippen molar-refractivity contribution in [2.75, 3.05) is 0 Å². The molecule has 0 fully saturated rings. The summed E-state index contributed by atoms with van der Waals surface area (Å²) in [6, 6.07) is 10.3. The Morgan fingerprint density at radius 1 is 1.00 bits per heavy atom. The van der Waals surface area contributed by atoms with Crippen LogP contribution >= 0.6 is 0 Å². The molecule has 7 nitrogen and oxygen atoms in total. The summed E-state index contributed by atoms with van der Waals surface area (Å²) >= 11 is 0. The number of hydrogen-bond donors (Lipinski definition) is 2. The second kappa shape index (κ2) is 6.63. The van der Waals surface area contributed by atoms with Gasteiger partial charge in [-0.3, -0.25) is 4.98 Å². The van der Waals surface area contributed by atoms with E-state index in [1.54, 1.807) is 6.20 Å². The Labute approximate surface area is 177 Å². The van der Waals surface area contributed by atoms with Gasteiger partial charge in [0, 0.05) is 53.1 Å². The van der Waals surface area contributed by atoms with Gasteiger partial charge in [-0.15, -0.1) is 0 Å². The smallest absolute Gasteiger partial charge is 0.140 e. The van der Waals surface area contributed by atoms with E-state index in [2.05, 4.69) is 37.9 Å². The zero-order valence-electron chi connectivity index (χ0n) is 17.1. The summed E-state index contributed by atoms with van der Waals surface area (Å²) in [6.45, 7) is 4.06. The third-order valence-electron chi connectivity index (χ3n) is 5.62. The van der Waals surface area contributed by atoms with Gasteiger partial charge in [0.1, 0.15) is 17.0 Å². The molecule has 6 rings (SSSR count). The monoisotopic (exact) mass is 405 g/mol. The molecule has 0 unspecified atom stereocenters. The van der Waals surface area contributed by atoms with Crippen LogP contribution in [0.3, 0.4) is 0 Å². The zero-order valence-corrected chi connectivity index (χ0v) is 17.1. The molecule has 1 aromatic carbocycles. The van der Waals surface area contributed by atoms with Crippen molar-refractivity contribution in [1.29, 1.82) is 0 Å². The molecule has 0 radical (unpaired) electrons. The third-order valence-corrected chi connectivity index (χ3v) is 5.62. The number of aromatic nitrogens is 7. The van der Waals surface area contributed by atoms with Crippen molar-refractivity contribution in [1.82, 2.24) is 34.5 Å². The number of nitrogens with one attached hydrogen (secondary N) is 2. The minimum atomic E-state index is 0.799. The van der Waals surface area contributed by atoms with E-state index < -0.39 is 0 Å². The molecule has 2 N–H and O–H groups in total. The van der Waals surface area contributed by atoms with Crippen molar-refractivity contribution < 1.29 is 0 Å². The van der Waals surface area contributed by atoms with Gasteiger partial charge in [-0.1, -0.05) is 6.07 Å². The number of aromatic amines is 2. The average molecular weight is 405 g/mol. The van der Waals surface area contributed by atoms with Crippen molar-refractivity contribution in [2.45, 2.75) is 13.8 Å². The fourth-order valence-corrected chi connectivity index (χ4v) is 4.02. The Balaban J connectivity index is 1.52. The highest BCUT2D eigenvalue weighted by Crippen LogP contribution is 2.32. The van der Waals surface area contributed by atoms with Crippen molar-refractivity contribution in [3.63, 3.8) is 0 Å². The minimum absolute atomic E-state index is 0.799. The zero-order chi connectivity index (χ0) is 20.9. The number of H-pyrrole nitrogens is 2. The highest BCUT2D eigenvalue weighted by atomic mass is 15.1. The lowest BCUT2D eigenvalue weighted by atomic mass is 10.0. The molecule has 5 aromatic heterocycles. The molecule has 7 heteroatoms. The molecule has 0 spiro atoms. The highest BCUT2D eigenvalue weighted by Gasteiger charge is 2.15. The molecule has 6 aromatic rings. The standard InChI is InChI=1S/C24H19N7/c1-14-6-7-25-10-18(14)16-8-17-19(11-27-23(17)26-9-16)24-29-20-4-3-5-21(22(20)30-24)31-12-15(2)28-13-31/h3-13H,1-2H3,(H,26,27)(H,29,30). The Morgan fingerprint density at radius 2 is 1.94 bits per heavy atom. The highest BCUT2D eigenvalue weighted by molar-refractivity contribution is 5.96. The van der Waals surface area contributed by atoms with E-state index in [9.17, 15) is 0 Å². The molecule has 0 bridgehead atoms. The summed E-state index contributed by atoms with van der Waals surface area (Å²) in [7, 11) is 0. The van der Waals surface area contributed by atoms with Crippen LogP contribution in [-0.4, -0.2) is 34.5 Å². The van der Waals surface area contributed by atoms with E-state index in [0.717, 1.165) is 61.5 Å². The van der Waals surface area contributed by atoms with Gasteiger partial charge in [0.2, 0.25) is 0 Å². The Morgan fingerprint density at radius 3 is 2.77 bits per heavy atom. The van der Waals surface area contributed by atoms with Gasteiger partial charge >= 0.3 is 0 Å². The number of nitrogens with zero attached hydrogens (tertiary/aromatic N) is 5. The maximum absolute atomic E-state index is 4.95. The first-order valence-corrected chi connectivity index (χ1v) is 10.1. The number of hydrogen-bond acceptors (Lipinski definition) is 4. The molecular weight excluding hydrogens is 386 g/mol. The van der Waals surface area contributed by atoms with Crippen LogP contribution in [0.25, 0.3) is 50.3 Å². The Bertz CT molecular complexity index is 1570. The van der Waals surface area contributed by atoms with Crippen LogP contribution in [0.1, 0.15) is 11.3 Å². The van der Waals surface area contributed by atoms with Crippen molar-refractivity contribution in [2.24, 2.45) is 0 Å². The first-order chi connectivity index (χ1) is 15.2. The number of rotatable bonds is 3. The molecule has 0 amide bonds. The molecule has 31 heavy (non-hydrogen) atoms. The van der Waals surface area contributed by atoms with E-state index in [4.69, 9.17) is 4.98 Å². The van der Waals surface area contributed by atoms with Crippen LogP contribution in [0.2, 0.25) is 0 Å². The van der Waals surface area contributed by atoms with Crippen LogP contribution in [0.15, 0.2) is 67.6 Å². The number of fused-ring (bicyclic) bond motifs is 2. The fraction of sp³-hybridized carbons (Fsp3) is 0.0833. The van der Waals surface area contributed by atoms with Gasteiger partial charge in [0.05, 0.1) is 23.2 Å². The lowest BCUT2D eigenvalue weighted by molar-refractivity contribution is 1.06. The fourth-order valence-electron chi connectivity index (χ4n) is 4.02. The predicted octanol–water partition coefficient (Wildman–Crippen LogP) is 4.97. The second-order valence-corrected chi connectivity index (χ2v) is 7.69. The molecule has 150 valence electrons. The van der Waals surface area contributed by atoms with Gasteiger partial charge in [-0.25, -0.2) is 15.0 Å². The number of aryl methyl sites for hydroxylation is 2. The van der Waals surface area contributed by atoms with E-state index in [0.29, 0.717) is 0 Å². The van der Waals surface area contributed by atoms with E-state index >= 15 is 0 Å². The van der Waals surface area contributed by atoms with Gasteiger partial charge in [-0.2, -0.15) is 0 Å². The first kappa shape index (κ1) is 17.6. The third kappa shape index (κ3) is 2.82. The van der Waals surface area contributed by atoms with Crippen LogP contribution in [-0.2, 0) is 0 Å². The molecule has 0 saturated carbocycles. The number of para-hydroxylation sites is 1. The van der Waals surface area contributed by atoms with Crippen LogP contribution < -0.4 is 0 Å². The maximum atomic E-state index is 4.95. The van der Waals surface area contributed by atoms with E-state index in [-0.39, 0.29) is 0 Å². The molecule has 0 saturated heterocycles. The summed E-state index contributed by atoms with van der Waals surface area (Å²) in [4.78, 5) is 24.9. The lowest BCUT2D eigenvalue weighted by Crippen LogP contribution is -1.91. The quantitative estimate of drug-likeness (QED) is 0.435. The molecule has 0 atom stereocenters. The number of benzene rings is 1. The van der Waals surface area contributed by atoms with Crippen molar-refractivity contribution in [3.05, 3.63) is 78.9 Å². The molecular formula is C24H19N7. The SMILES string of the molecule is Cc1cn(-c2cccc3[nH]c(-c4c[nH]c5ncc(-c6cnccc6C)cc45)nc23)cn1. The van der Waals surface area contributed by atoms with Gasteiger partial charge < -0.3 is 14.5 Å². The first-order valence-electron chi connectivity index (χ1n) is 10.1. The largest absolute Gasteiger partial charge is 0.345 e. The normalized spacial score (nSPS) is 11.5. The number of imidazole rings is 2.